The van der Waals surface area contributed by atoms with Gasteiger partial charge in [0.25, 0.3) is 0 Å². The van der Waals surface area contributed by atoms with E-state index in [0.29, 0.717) is 0 Å². The monoisotopic (exact) mass is 156 g/mol. The van der Waals surface area contributed by atoms with Crippen molar-refractivity contribution >= 4 is 0 Å². The van der Waals surface area contributed by atoms with Gasteiger partial charge in [-0.15, -0.1) is 0 Å². The van der Waals surface area contributed by atoms with Gasteiger partial charge in [-0.05, 0) is 12.8 Å². The first kappa shape index (κ1) is 10.3. The molecule has 4 N–H and O–H groups in total. The number of hydrogen-bond donors (Lipinski definition) is 2. The predicted octanol–water partition coefficient (Wildman–Crippen LogP) is 2.11. The molecule has 66 valence electrons. The molecule has 0 saturated carbocycles. The Kier molecular flexibility index (Phi) is 7.00. The van der Waals surface area contributed by atoms with E-state index in [0.717, 1.165) is 12.1 Å². The van der Waals surface area contributed by atoms with Crippen LogP contribution in [0.4, 0.5) is 0 Å². The minimum atomic E-state index is 0.821. The van der Waals surface area contributed by atoms with E-state index in [1.54, 1.807) is 0 Å². The molecule has 0 heterocycles. The Morgan fingerprint density at radius 1 is 1.18 bits per heavy atom. The molecule has 0 bridgehead atoms. The maximum Gasteiger partial charge on any atom is 0.0238 e. The van der Waals surface area contributed by atoms with Crippen molar-refractivity contribution in [2.75, 3.05) is 0 Å². The molecule has 11 heavy (non-hydrogen) atoms. The Balaban J connectivity index is 3.02. The number of unbranched alkanes of at least 4 members (excludes halogenated alkanes) is 4. The fraction of sp³-hybridized carbons (Fsp3) is 0.778. The lowest BCUT2D eigenvalue weighted by molar-refractivity contribution is 0.629. The first-order chi connectivity index (χ1) is 5.31. The van der Waals surface area contributed by atoms with E-state index in [2.05, 4.69) is 6.92 Å². The van der Waals surface area contributed by atoms with Gasteiger partial charge < -0.3 is 11.5 Å². The standard InChI is InChI=1S/C9H20N2/c1-2-3-4-5-6-7-9(11)8-10/h8H,2-7,10-11H2,1H3/b9-8-. The summed E-state index contributed by atoms with van der Waals surface area (Å²) in [6.07, 6.45) is 8.88. The maximum atomic E-state index is 5.52. The quantitative estimate of drug-likeness (QED) is 0.579. The van der Waals surface area contributed by atoms with Crippen molar-refractivity contribution < 1.29 is 0 Å². The van der Waals surface area contributed by atoms with E-state index >= 15 is 0 Å². The molecule has 0 fully saturated rings. The third-order valence-electron chi connectivity index (χ3n) is 1.78. The molecule has 0 aromatic rings. The normalized spacial score (nSPS) is 11.9. The fourth-order valence-corrected chi connectivity index (χ4v) is 1.02. The van der Waals surface area contributed by atoms with Crippen molar-refractivity contribution in [3.05, 3.63) is 11.9 Å². The van der Waals surface area contributed by atoms with Crippen LogP contribution in [0.25, 0.3) is 0 Å². The molecule has 0 spiro atoms. The summed E-state index contributed by atoms with van der Waals surface area (Å²) < 4.78 is 0. The van der Waals surface area contributed by atoms with Gasteiger partial charge in [0, 0.05) is 11.9 Å². The zero-order chi connectivity index (χ0) is 8.53. The lowest BCUT2D eigenvalue weighted by atomic mass is 10.1. The largest absolute Gasteiger partial charge is 0.403 e. The van der Waals surface area contributed by atoms with Gasteiger partial charge in [0.05, 0.1) is 0 Å². The van der Waals surface area contributed by atoms with Gasteiger partial charge in [0.1, 0.15) is 0 Å². The van der Waals surface area contributed by atoms with Crippen LogP contribution < -0.4 is 11.5 Å². The van der Waals surface area contributed by atoms with Gasteiger partial charge in [-0.25, -0.2) is 0 Å². The van der Waals surface area contributed by atoms with Crippen molar-refractivity contribution in [1.82, 2.24) is 0 Å². The summed E-state index contributed by atoms with van der Waals surface area (Å²) in [5.74, 6) is 0. The van der Waals surface area contributed by atoms with Crippen LogP contribution in [0.3, 0.4) is 0 Å². The summed E-state index contributed by atoms with van der Waals surface area (Å²) in [6, 6.07) is 0. The molecule has 0 aliphatic rings. The highest BCUT2D eigenvalue weighted by Crippen LogP contribution is 2.06. The topological polar surface area (TPSA) is 52.0 Å². The van der Waals surface area contributed by atoms with Gasteiger partial charge in [-0.2, -0.15) is 0 Å². The molecule has 0 aliphatic carbocycles. The van der Waals surface area contributed by atoms with Crippen LogP contribution in [0.1, 0.15) is 45.4 Å². The number of nitrogens with two attached hydrogens (primary N) is 2. The van der Waals surface area contributed by atoms with E-state index < -0.39 is 0 Å². The second-order valence-electron chi connectivity index (χ2n) is 2.91. The molecule has 0 atom stereocenters. The molecular weight excluding hydrogens is 136 g/mol. The zero-order valence-corrected chi connectivity index (χ0v) is 7.47. The van der Waals surface area contributed by atoms with Crippen LogP contribution in [0, 0.1) is 0 Å². The smallest absolute Gasteiger partial charge is 0.0238 e. The highest BCUT2D eigenvalue weighted by molar-refractivity contribution is 4.92. The molecule has 0 radical (unpaired) electrons. The Hall–Kier alpha value is -0.660. The predicted molar refractivity (Wildman–Crippen MR) is 49.8 cm³/mol. The summed E-state index contributed by atoms with van der Waals surface area (Å²) in [6.45, 7) is 2.22. The Labute approximate surface area is 69.6 Å². The SMILES string of the molecule is CCCCCCC/C(N)=C/N. The van der Waals surface area contributed by atoms with E-state index in [-0.39, 0.29) is 0 Å². The van der Waals surface area contributed by atoms with Gasteiger partial charge in [-0.1, -0.05) is 32.6 Å². The average Bonchev–Trinajstić information content (AvgIpc) is 2.04. The summed E-state index contributed by atoms with van der Waals surface area (Å²) in [5, 5.41) is 0. The highest BCUT2D eigenvalue weighted by atomic mass is 14.6. The molecule has 0 saturated heterocycles. The molecule has 0 aromatic carbocycles. The molecule has 2 nitrogen and oxygen atoms in total. The van der Waals surface area contributed by atoms with Gasteiger partial charge >= 0.3 is 0 Å². The van der Waals surface area contributed by atoms with Crippen LogP contribution >= 0.6 is 0 Å². The number of hydrogen-bond acceptors (Lipinski definition) is 2. The van der Waals surface area contributed by atoms with Crippen LogP contribution in [-0.2, 0) is 0 Å². The van der Waals surface area contributed by atoms with E-state index in [1.807, 2.05) is 0 Å². The van der Waals surface area contributed by atoms with Crippen molar-refractivity contribution in [2.24, 2.45) is 11.5 Å². The van der Waals surface area contributed by atoms with Gasteiger partial charge in [-0.3, -0.25) is 0 Å². The van der Waals surface area contributed by atoms with Crippen molar-refractivity contribution in [3.63, 3.8) is 0 Å². The summed E-state index contributed by atoms with van der Waals surface area (Å²) in [7, 11) is 0. The third kappa shape index (κ3) is 7.23. The van der Waals surface area contributed by atoms with Crippen LogP contribution in [0.15, 0.2) is 11.9 Å². The molecular formula is C9H20N2. The van der Waals surface area contributed by atoms with E-state index in [4.69, 9.17) is 11.5 Å². The van der Waals surface area contributed by atoms with Crippen LogP contribution in [0.5, 0.6) is 0 Å². The molecule has 0 amide bonds. The lowest BCUT2D eigenvalue weighted by Crippen LogP contribution is -2.00. The van der Waals surface area contributed by atoms with Crippen molar-refractivity contribution in [1.29, 1.82) is 0 Å². The zero-order valence-electron chi connectivity index (χ0n) is 7.47. The minimum absolute atomic E-state index is 0.821. The number of allylic oxidation sites excluding steroid dienone is 1. The van der Waals surface area contributed by atoms with Crippen LogP contribution in [-0.4, -0.2) is 0 Å². The Morgan fingerprint density at radius 2 is 1.82 bits per heavy atom. The van der Waals surface area contributed by atoms with Crippen molar-refractivity contribution in [3.8, 4) is 0 Å². The molecule has 0 rings (SSSR count). The molecule has 2 heteroatoms. The van der Waals surface area contributed by atoms with E-state index in [1.165, 1.54) is 38.3 Å². The van der Waals surface area contributed by atoms with Gasteiger partial charge in [0.15, 0.2) is 0 Å². The Bertz CT molecular complexity index is 108. The Morgan fingerprint density at radius 3 is 2.36 bits per heavy atom. The van der Waals surface area contributed by atoms with Crippen molar-refractivity contribution in [2.45, 2.75) is 45.4 Å². The maximum absolute atomic E-state index is 5.52. The van der Waals surface area contributed by atoms with Gasteiger partial charge in [0.2, 0.25) is 0 Å². The van der Waals surface area contributed by atoms with Crippen LogP contribution in [0.2, 0.25) is 0 Å². The molecule has 0 aliphatic heterocycles. The average molecular weight is 156 g/mol. The first-order valence-corrected chi connectivity index (χ1v) is 4.47. The highest BCUT2D eigenvalue weighted by Gasteiger charge is 1.90. The first-order valence-electron chi connectivity index (χ1n) is 4.47. The summed E-state index contributed by atoms with van der Waals surface area (Å²) >= 11 is 0. The number of rotatable bonds is 6. The summed E-state index contributed by atoms with van der Waals surface area (Å²) in [4.78, 5) is 0. The molecule has 0 aromatic heterocycles. The van der Waals surface area contributed by atoms with E-state index in [9.17, 15) is 0 Å². The second-order valence-corrected chi connectivity index (χ2v) is 2.91. The third-order valence-corrected chi connectivity index (χ3v) is 1.78. The lowest BCUT2D eigenvalue weighted by Gasteiger charge is -1.99. The minimum Gasteiger partial charge on any atom is -0.403 e. The fourth-order valence-electron chi connectivity index (χ4n) is 1.02. The second kappa shape index (κ2) is 7.45. The molecule has 0 unspecified atom stereocenters. The summed E-state index contributed by atoms with van der Waals surface area (Å²) in [5.41, 5.74) is 11.6.